The number of benzene rings is 2. The van der Waals surface area contributed by atoms with Crippen LogP contribution in [0.5, 0.6) is 5.75 Å². The van der Waals surface area contributed by atoms with Crippen molar-refractivity contribution in [1.29, 1.82) is 5.26 Å². The summed E-state index contributed by atoms with van der Waals surface area (Å²) in [4.78, 5) is 28.4. The summed E-state index contributed by atoms with van der Waals surface area (Å²) < 4.78 is 18.1. The van der Waals surface area contributed by atoms with Crippen molar-refractivity contribution in [3.8, 4) is 22.9 Å². The number of esters is 1. The van der Waals surface area contributed by atoms with E-state index in [9.17, 15) is 24.3 Å². The van der Waals surface area contributed by atoms with Crippen LogP contribution in [0.25, 0.3) is 22.0 Å². The second-order valence-electron chi connectivity index (χ2n) is 6.23. The number of nitriles is 1. The number of halogens is 1. The maximum atomic E-state index is 13.3. The summed E-state index contributed by atoms with van der Waals surface area (Å²) in [6.45, 7) is 1.86. The molecule has 0 amide bonds. The van der Waals surface area contributed by atoms with Gasteiger partial charge in [-0.15, -0.1) is 0 Å². The van der Waals surface area contributed by atoms with E-state index in [1.54, 1.807) is 37.3 Å². The van der Waals surface area contributed by atoms with Crippen LogP contribution in [0, 0.1) is 17.1 Å². The minimum atomic E-state index is -0.581. The molecule has 0 saturated heterocycles. The predicted molar refractivity (Wildman–Crippen MR) is 104 cm³/mol. The van der Waals surface area contributed by atoms with Gasteiger partial charge >= 0.3 is 5.97 Å². The Morgan fingerprint density at radius 3 is 2.55 bits per heavy atom. The average Bonchev–Trinajstić information content (AvgIpc) is 2.72. The number of ketones is 1. The monoisotopic (exact) mass is 392 g/mol. The number of hydrogen-bond donors (Lipinski definition) is 1. The Morgan fingerprint density at radius 1 is 1.17 bits per heavy atom. The number of aromatic hydroxyl groups is 1. The largest absolute Gasteiger partial charge is 0.504 e. The van der Waals surface area contributed by atoms with Gasteiger partial charge in [-0.1, -0.05) is 30.3 Å². The first-order valence-corrected chi connectivity index (χ1v) is 8.96. The molecule has 3 aromatic rings. The van der Waals surface area contributed by atoms with Crippen LogP contribution in [-0.2, 0) is 9.53 Å². The van der Waals surface area contributed by atoms with E-state index >= 15 is 0 Å². The van der Waals surface area contributed by atoms with E-state index in [1.165, 1.54) is 12.1 Å². The zero-order chi connectivity index (χ0) is 21.0. The molecule has 1 aromatic heterocycles. The Hall–Kier alpha value is -3.79. The second kappa shape index (κ2) is 8.48. The van der Waals surface area contributed by atoms with Gasteiger partial charge in [-0.25, -0.2) is 9.37 Å². The van der Waals surface area contributed by atoms with Crippen molar-refractivity contribution >= 4 is 22.7 Å². The lowest BCUT2D eigenvalue weighted by molar-refractivity contribution is -0.143. The highest BCUT2D eigenvalue weighted by Crippen LogP contribution is 2.34. The highest BCUT2D eigenvalue weighted by atomic mass is 19.1. The summed E-state index contributed by atoms with van der Waals surface area (Å²) in [6, 6.07) is 12.7. The molecule has 0 spiro atoms. The van der Waals surface area contributed by atoms with Crippen molar-refractivity contribution in [2.75, 3.05) is 6.61 Å². The Bertz CT molecular complexity index is 1130. The molecule has 0 saturated carbocycles. The molecule has 146 valence electrons. The molecule has 29 heavy (non-hydrogen) atoms. The van der Waals surface area contributed by atoms with Gasteiger partial charge in [0.2, 0.25) is 0 Å². The van der Waals surface area contributed by atoms with Gasteiger partial charge in [-0.3, -0.25) is 9.59 Å². The molecule has 0 aliphatic rings. The minimum Gasteiger partial charge on any atom is -0.504 e. The highest BCUT2D eigenvalue weighted by Gasteiger charge is 2.22. The number of carbonyl (C=O) groups excluding carboxylic acids is 2. The average molecular weight is 392 g/mol. The molecule has 7 heteroatoms. The van der Waals surface area contributed by atoms with Crippen LogP contribution < -0.4 is 0 Å². The SMILES string of the molecule is CCOC(=O)CCC(=O)c1nc2c(-c3ccc(F)cc3)cccc2c(C#N)c1O. The van der Waals surface area contributed by atoms with Crippen LogP contribution in [0.15, 0.2) is 42.5 Å². The van der Waals surface area contributed by atoms with Gasteiger partial charge in [-0.2, -0.15) is 5.26 Å². The van der Waals surface area contributed by atoms with E-state index in [2.05, 4.69) is 4.98 Å². The fraction of sp³-hybridized carbons (Fsp3) is 0.182. The molecule has 2 aromatic carbocycles. The number of fused-ring (bicyclic) bond motifs is 1. The van der Waals surface area contributed by atoms with Crippen LogP contribution in [0.4, 0.5) is 4.39 Å². The Balaban J connectivity index is 2.12. The number of carbonyl (C=O) groups is 2. The quantitative estimate of drug-likeness (QED) is 0.500. The number of pyridine rings is 1. The third-order valence-electron chi connectivity index (χ3n) is 4.38. The molecule has 0 radical (unpaired) electrons. The Kier molecular flexibility index (Phi) is 5.84. The highest BCUT2D eigenvalue weighted by molar-refractivity contribution is 6.05. The summed E-state index contributed by atoms with van der Waals surface area (Å²) in [6.07, 6.45) is -0.373. The summed E-state index contributed by atoms with van der Waals surface area (Å²) in [7, 11) is 0. The first-order chi connectivity index (χ1) is 14.0. The van der Waals surface area contributed by atoms with Gasteiger partial charge in [0.05, 0.1) is 18.5 Å². The van der Waals surface area contributed by atoms with Gasteiger partial charge < -0.3 is 9.84 Å². The van der Waals surface area contributed by atoms with E-state index in [0.29, 0.717) is 22.0 Å². The molecule has 1 N–H and O–H groups in total. The Morgan fingerprint density at radius 2 is 1.90 bits per heavy atom. The van der Waals surface area contributed by atoms with Crippen molar-refractivity contribution in [2.24, 2.45) is 0 Å². The molecule has 0 aliphatic carbocycles. The maximum Gasteiger partial charge on any atom is 0.306 e. The van der Waals surface area contributed by atoms with Crippen molar-refractivity contribution in [2.45, 2.75) is 19.8 Å². The van der Waals surface area contributed by atoms with Crippen molar-refractivity contribution < 1.29 is 23.8 Å². The molecule has 3 rings (SSSR count). The lowest BCUT2D eigenvalue weighted by Gasteiger charge is -2.11. The third kappa shape index (κ3) is 4.06. The Labute approximate surface area is 166 Å². The van der Waals surface area contributed by atoms with Gasteiger partial charge in [-0.05, 0) is 24.6 Å². The number of para-hydroxylation sites is 1. The molecular weight excluding hydrogens is 375 g/mol. The third-order valence-corrected chi connectivity index (χ3v) is 4.38. The minimum absolute atomic E-state index is 0.0848. The summed E-state index contributed by atoms with van der Waals surface area (Å²) in [5.41, 5.74) is 1.18. The molecule has 0 fully saturated rings. The van der Waals surface area contributed by atoms with E-state index in [-0.39, 0.29) is 30.7 Å². The van der Waals surface area contributed by atoms with Gasteiger partial charge in [0.1, 0.15) is 23.1 Å². The molecule has 6 nitrogen and oxygen atoms in total. The summed E-state index contributed by atoms with van der Waals surface area (Å²) >= 11 is 0. The van der Waals surface area contributed by atoms with Crippen LogP contribution in [0.1, 0.15) is 35.8 Å². The van der Waals surface area contributed by atoms with Crippen LogP contribution in [0.2, 0.25) is 0 Å². The number of aromatic nitrogens is 1. The van der Waals surface area contributed by atoms with Gasteiger partial charge in [0, 0.05) is 17.4 Å². The topological polar surface area (TPSA) is 100 Å². The predicted octanol–water partition coefficient (Wildman–Crippen LogP) is 4.14. The van der Waals surface area contributed by atoms with E-state index < -0.39 is 23.3 Å². The molecule has 1 heterocycles. The molecule has 0 unspecified atom stereocenters. The summed E-state index contributed by atoms with van der Waals surface area (Å²) in [5, 5.41) is 20.4. The first-order valence-electron chi connectivity index (χ1n) is 8.96. The fourth-order valence-electron chi connectivity index (χ4n) is 3.01. The van der Waals surface area contributed by atoms with Crippen LogP contribution in [-0.4, -0.2) is 28.4 Å². The smallest absolute Gasteiger partial charge is 0.306 e. The van der Waals surface area contributed by atoms with Gasteiger partial charge in [0.25, 0.3) is 0 Å². The maximum absolute atomic E-state index is 13.3. The lowest BCUT2D eigenvalue weighted by Crippen LogP contribution is -2.10. The van der Waals surface area contributed by atoms with Crippen LogP contribution in [0.3, 0.4) is 0 Å². The fourth-order valence-corrected chi connectivity index (χ4v) is 3.01. The van der Waals surface area contributed by atoms with Crippen LogP contribution >= 0.6 is 0 Å². The zero-order valence-electron chi connectivity index (χ0n) is 15.6. The standard InChI is InChI=1S/C22H17FN2O4/c1-2-29-19(27)11-10-18(26)21-22(28)17(12-24)16-5-3-4-15(20(16)25-21)13-6-8-14(23)9-7-13/h3-9,28H,2,10-11H2,1H3. The first kappa shape index (κ1) is 20.0. The van der Waals surface area contributed by atoms with E-state index in [1.807, 2.05) is 6.07 Å². The van der Waals surface area contributed by atoms with Crippen molar-refractivity contribution in [1.82, 2.24) is 4.98 Å². The molecule has 0 aliphatic heterocycles. The second-order valence-corrected chi connectivity index (χ2v) is 6.23. The normalized spacial score (nSPS) is 10.5. The zero-order valence-corrected chi connectivity index (χ0v) is 15.6. The molecular formula is C22H17FN2O4. The summed E-state index contributed by atoms with van der Waals surface area (Å²) in [5.74, 6) is -2.03. The van der Waals surface area contributed by atoms with E-state index in [4.69, 9.17) is 4.74 Å². The van der Waals surface area contributed by atoms with Gasteiger partial charge in [0.15, 0.2) is 11.5 Å². The molecule has 0 bridgehead atoms. The number of nitrogens with zero attached hydrogens (tertiary/aromatic N) is 2. The molecule has 0 atom stereocenters. The number of Topliss-reactive ketones (excluding diaryl/α,β-unsaturated/α-hetero) is 1. The van der Waals surface area contributed by atoms with Crippen molar-refractivity contribution in [3.63, 3.8) is 0 Å². The number of rotatable bonds is 6. The number of hydrogen-bond acceptors (Lipinski definition) is 6. The van der Waals surface area contributed by atoms with Crippen molar-refractivity contribution in [3.05, 3.63) is 59.5 Å². The van der Waals surface area contributed by atoms with E-state index in [0.717, 1.165) is 0 Å². The lowest BCUT2D eigenvalue weighted by atomic mass is 9.97. The number of ether oxygens (including phenoxy) is 1.